The number of nitrogens with zero attached hydrogens (tertiary/aromatic N) is 3. The van der Waals surface area contributed by atoms with Gasteiger partial charge in [0.2, 0.25) is 11.3 Å². The summed E-state index contributed by atoms with van der Waals surface area (Å²) in [6.45, 7) is 2.65. The van der Waals surface area contributed by atoms with Crippen molar-refractivity contribution in [1.29, 1.82) is 0 Å². The van der Waals surface area contributed by atoms with Crippen molar-refractivity contribution in [3.63, 3.8) is 0 Å². The normalized spacial score (nSPS) is 11.9. The van der Waals surface area contributed by atoms with Crippen LogP contribution in [0.4, 0.5) is 5.69 Å². The molecule has 0 aliphatic rings. The lowest BCUT2D eigenvalue weighted by molar-refractivity contribution is 0.103. The lowest BCUT2D eigenvalue weighted by Crippen LogP contribution is -2.12. The highest BCUT2D eigenvalue weighted by molar-refractivity contribution is 6.30. The van der Waals surface area contributed by atoms with E-state index in [0.29, 0.717) is 28.9 Å². The molecule has 3 N–H and O–H groups in total. The number of hydrogen-bond donors (Lipinski definition) is 2. The highest BCUT2D eigenvalue weighted by Crippen LogP contribution is 2.28. The third kappa shape index (κ3) is 4.94. The van der Waals surface area contributed by atoms with Gasteiger partial charge in [0.1, 0.15) is 17.0 Å². The van der Waals surface area contributed by atoms with E-state index in [9.17, 15) is 9.59 Å². The first-order valence-electron chi connectivity index (χ1n) is 11.5. The molecule has 0 fully saturated rings. The van der Waals surface area contributed by atoms with Crippen molar-refractivity contribution in [2.75, 3.05) is 12.3 Å². The Morgan fingerprint density at radius 2 is 1.86 bits per heavy atom. The van der Waals surface area contributed by atoms with Crippen molar-refractivity contribution in [3.8, 4) is 17.3 Å². The van der Waals surface area contributed by atoms with Gasteiger partial charge in [0.25, 0.3) is 0 Å². The van der Waals surface area contributed by atoms with Crippen molar-refractivity contribution < 1.29 is 13.9 Å². The van der Waals surface area contributed by atoms with E-state index in [4.69, 9.17) is 26.5 Å². The smallest absolute Gasteiger partial charge is 0.217 e. The summed E-state index contributed by atoms with van der Waals surface area (Å²) in [5.41, 5.74) is 7.27. The van der Waals surface area contributed by atoms with Gasteiger partial charge in [-0.2, -0.15) is 0 Å². The molecule has 37 heavy (non-hydrogen) atoms. The zero-order valence-electron chi connectivity index (χ0n) is 19.8. The van der Waals surface area contributed by atoms with Gasteiger partial charge in [0.15, 0.2) is 11.5 Å². The van der Waals surface area contributed by atoms with Crippen molar-refractivity contribution in [3.05, 3.63) is 98.7 Å². The predicted molar refractivity (Wildman–Crippen MR) is 140 cm³/mol. The van der Waals surface area contributed by atoms with Gasteiger partial charge in [0, 0.05) is 10.6 Å². The lowest BCUT2D eigenvalue weighted by Gasteiger charge is -2.13. The molecule has 5 aromatic rings. The van der Waals surface area contributed by atoms with E-state index in [-0.39, 0.29) is 39.6 Å². The summed E-state index contributed by atoms with van der Waals surface area (Å²) in [7, 11) is 0. The number of para-hydroxylation sites is 1. The van der Waals surface area contributed by atoms with Crippen LogP contribution in [-0.2, 0) is 0 Å². The summed E-state index contributed by atoms with van der Waals surface area (Å²) in [5, 5.41) is 14.2. The number of nitrogens with two attached hydrogens (primary N) is 1. The molecule has 0 aliphatic carbocycles. The number of nitrogens with one attached hydrogen (secondary N) is 1. The minimum absolute atomic E-state index is 0.0284. The number of carbonyl (C=O) groups excluding carboxylic acids is 1. The summed E-state index contributed by atoms with van der Waals surface area (Å²) in [6.07, 6.45) is 0.823. The maximum Gasteiger partial charge on any atom is 0.217 e. The zero-order valence-corrected chi connectivity index (χ0v) is 20.5. The molecule has 0 spiro atoms. The molecule has 0 bridgehead atoms. The summed E-state index contributed by atoms with van der Waals surface area (Å²) in [6, 6.07) is 19.4. The maximum atomic E-state index is 13.4. The molecule has 3 aromatic carbocycles. The van der Waals surface area contributed by atoms with Crippen molar-refractivity contribution >= 4 is 34.0 Å². The Kier molecular flexibility index (Phi) is 6.70. The van der Waals surface area contributed by atoms with Crippen molar-refractivity contribution in [2.24, 2.45) is 0 Å². The second kappa shape index (κ2) is 10.2. The fraction of sp³-hybridized carbons (Fsp3) is 0.148. The monoisotopic (exact) mass is 515 g/mol. The first kappa shape index (κ1) is 24.2. The Morgan fingerprint density at radius 3 is 2.57 bits per heavy atom. The summed E-state index contributed by atoms with van der Waals surface area (Å²) < 4.78 is 11.8. The molecule has 0 amide bonds. The summed E-state index contributed by atoms with van der Waals surface area (Å²) >= 11 is 5.96. The van der Waals surface area contributed by atoms with Crippen molar-refractivity contribution in [1.82, 2.24) is 20.6 Å². The summed E-state index contributed by atoms with van der Waals surface area (Å²) in [5.74, 6) is 0.705. The fourth-order valence-corrected chi connectivity index (χ4v) is 4.14. The van der Waals surface area contributed by atoms with Crippen LogP contribution in [-0.4, -0.2) is 33.0 Å². The number of rotatable bonds is 8. The second-order valence-electron chi connectivity index (χ2n) is 8.55. The number of tetrazole rings is 1. The number of fused-ring (bicyclic) bond motifs is 1. The minimum Gasteiger partial charge on any atom is -0.494 e. The average Bonchev–Trinajstić information content (AvgIpc) is 3.45. The largest absolute Gasteiger partial charge is 0.494 e. The number of anilines is 1. The van der Waals surface area contributed by atoms with Crippen LogP contribution in [0.15, 0.2) is 75.9 Å². The Morgan fingerprint density at radius 1 is 1.11 bits per heavy atom. The van der Waals surface area contributed by atoms with Crippen LogP contribution in [0.3, 0.4) is 0 Å². The molecular weight excluding hydrogens is 494 g/mol. The van der Waals surface area contributed by atoms with Crippen LogP contribution in [0.2, 0.25) is 5.02 Å². The van der Waals surface area contributed by atoms with Crippen molar-refractivity contribution in [2.45, 2.75) is 19.3 Å². The number of nitrogen functional groups attached to an aromatic ring is 1. The molecule has 10 heteroatoms. The molecule has 1 unspecified atom stereocenters. The Balaban J connectivity index is 1.34. The van der Waals surface area contributed by atoms with Gasteiger partial charge in [-0.25, -0.2) is 5.10 Å². The minimum atomic E-state index is -0.473. The quantitative estimate of drug-likeness (QED) is 0.275. The van der Waals surface area contributed by atoms with Crippen LogP contribution < -0.4 is 15.9 Å². The number of H-pyrrole nitrogens is 1. The van der Waals surface area contributed by atoms with Gasteiger partial charge in [-0.1, -0.05) is 36.7 Å². The number of benzene rings is 3. The van der Waals surface area contributed by atoms with Gasteiger partial charge < -0.3 is 14.9 Å². The topological polar surface area (TPSA) is 137 Å². The number of halogens is 1. The van der Waals surface area contributed by atoms with Crippen LogP contribution in [0, 0.1) is 0 Å². The van der Waals surface area contributed by atoms with Gasteiger partial charge >= 0.3 is 0 Å². The molecule has 0 radical (unpaired) electrons. The predicted octanol–water partition coefficient (Wildman–Crippen LogP) is 5.01. The first-order valence-corrected chi connectivity index (χ1v) is 11.9. The molecule has 186 valence electrons. The van der Waals surface area contributed by atoms with Crippen LogP contribution >= 0.6 is 11.6 Å². The Hall–Kier alpha value is -4.50. The number of ether oxygens (including phenoxy) is 1. The second-order valence-corrected chi connectivity index (χ2v) is 8.99. The standard InChI is InChI=1S/C27H22ClN5O4/c1-15(16-5-9-18(28)10-6-16)13-14-36-19-11-7-17(8-12-19)23(34)20-3-2-4-21-24(35)22(29)26(37-25(20)21)27-30-32-33-31-27/h2-12,15H,13-14,29H2,1H3,(H,30,31,32,33). The van der Waals surface area contributed by atoms with E-state index in [1.54, 1.807) is 42.5 Å². The first-order chi connectivity index (χ1) is 17.9. The van der Waals surface area contributed by atoms with Gasteiger partial charge in [-0.05, 0) is 76.9 Å². The van der Waals surface area contributed by atoms with Gasteiger partial charge in [-0.3, -0.25) is 9.59 Å². The SMILES string of the molecule is CC(CCOc1ccc(C(=O)c2cccc3c(=O)c(N)c(-c4nnn[nH]4)oc23)cc1)c1ccc(Cl)cc1. The van der Waals surface area contributed by atoms with E-state index < -0.39 is 5.43 Å². The van der Waals surface area contributed by atoms with Crippen LogP contribution in [0.5, 0.6) is 5.75 Å². The third-order valence-corrected chi connectivity index (χ3v) is 6.39. The molecule has 0 aliphatic heterocycles. The van der Waals surface area contributed by atoms with Gasteiger partial charge in [-0.15, -0.1) is 5.10 Å². The highest BCUT2D eigenvalue weighted by atomic mass is 35.5. The van der Waals surface area contributed by atoms with E-state index in [1.807, 2.05) is 24.3 Å². The molecule has 9 nitrogen and oxygen atoms in total. The molecule has 2 aromatic heterocycles. The number of hydrogen-bond acceptors (Lipinski definition) is 8. The van der Waals surface area contributed by atoms with Gasteiger partial charge in [0.05, 0.1) is 17.6 Å². The van der Waals surface area contributed by atoms with Crippen LogP contribution in [0.1, 0.15) is 40.7 Å². The van der Waals surface area contributed by atoms with Crippen LogP contribution in [0.25, 0.3) is 22.6 Å². The zero-order chi connectivity index (χ0) is 25.9. The van der Waals surface area contributed by atoms with E-state index in [1.165, 1.54) is 5.56 Å². The summed E-state index contributed by atoms with van der Waals surface area (Å²) in [4.78, 5) is 26.2. The molecule has 5 rings (SSSR count). The number of aromatic nitrogens is 4. The van der Waals surface area contributed by atoms with E-state index in [0.717, 1.165) is 6.42 Å². The lowest BCUT2D eigenvalue weighted by atomic mass is 9.98. The Bertz CT molecular complexity index is 1610. The van der Waals surface area contributed by atoms with E-state index in [2.05, 4.69) is 27.5 Å². The highest BCUT2D eigenvalue weighted by Gasteiger charge is 2.21. The molecule has 0 saturated carbocycles. The molecule has 0 saturated heterocycles. The molecule has 1 atom stereocenters. The maximum absolute atomic E-state index is 13.4. The average molecular weight is 516 g/mol. The third-order valence-electron chi connectivity index (χ3n) is 6.13. The number of carbonyl (C=O) groups is 1. The molecular formula is C27H22ClN5O4. The fourth-order valence-electron chi connectivity index (χ4n) is 4.01. The molecule has 2 heterocycles. The Labute approximate surface area is 216 Å². The number of aromatic amines is 1. The van der Waals surface area contributed by atoms with E-state index >= 15 is 0 Å². The number of ketones is 1.